The van der Waals surface area contributed by atoms with Gasteiger partial charge >= 0.3 is 5.51 Å². The van der Waals surface area contributed by atoms with E-state index in [0.29, 0.717) is 0 Å². The highest BCUT2D eigenvalue weighted by atomic mass is 32.2. The van der Waals surface area contributed by atoms with Crippen LogP contribution in [0.15, 0.2) is 47.4 Å². The summed E-state index contributed by atoms with van der Waals surface area (Å²) >= 11 is -0.386. The normalized spacial score (nSPS) is 11.0. The Morgan fingerprint density at radius 3 is 2.54 bits per heavy atom. The number of amides is 1. The Morgan fingerprint density at radius 2 is 1.92 bits per heavy atom. The Morgan fingerprint density at radius 1 is 1.21 bits per heavy atom. The van der Waals surface area contributed by atoms with E-state index >= 15 is 0 Å². The van der Waals surface area contributed by atoms with Crippen LogP contribution in [0.25, 0.3) is 0 Å². The van der Waals surface area contributed by atoms with E-state index in [0.717, 1.165) is 6.07 Å². The Balaban J connectivity index is 2.12. The van der Waals surface area contributed by atoms with E-state index in [1.54, 1.807) is 6.07 Å². The zero-order chi connectivity index (χ0) is 17.7. The lowest BCUT2D eigenvalue weighted by Crippen LogP contribution is -2.24. The highest BCUT2D eigenvalue weighted by Crippen LogP contribution is 2.38. The smallest absolute Gasteiger partial charge is 0.348 e. The SMILES string of the molecule is N#Cc1ccc(CNC(=O)c2ccccc2SC(F)(F)F)c(F)c1. The monoisotopic (exact) mass is 354 g/mol. The maximum atomic E-state index is 13.7. The number of nitrogens with one attached hydrogen (secondary N) is 1. The molecule has 2 aromatic rings. The molecule has 0 heterocycles. The van der Waals surface area contributed by atoms with Gasteiger partial charge in [-0.3, -0.25) is 4.79 Å². The molecule has 8 heteroatoms. The van der Waals surface area contributed by atoms with E-state index in [1.807, 2.05) is 0 Å². The first-order valence-electron chi connectivity index (χ1n) is 6.61. The highest BCUT2D eigenvalue weighted by Gasteiger charge is 2.31. The van der Waals surface area contributed by atoms with Crippen LogP contribution >= 0.6 is 11.8 Å². The van der Waals surface area contributed by atoms with Crippen molar-refractivity contribution in [2.75, 3.05) is 0 Å². The zero-order valence-electron chi connectivity index (χ0n) is 12.0. The molecule has 1 N–H and O–H groups in total. The van der Waals surface area contributed by atoms with Crippen LogP contribution < -0.4 is 5.32 Å². The lowest BCUT2D eigenvalue weighted by molar-refractivity contribution is -0.0328. The fourth-order valence-electron chi connectivity index (χ4n) is 1.90. The summed E-state index contributed by atoms with van der Waals surface area (Å²) in [5, 5.41) is 11.0. The molecule has 2 rings (SSSR count). The zero-order valence-corrected chi connectivity index (χ0v) is 12.8. The quantitative estimate of drug-likeness (QED) is 0.660. The summed E-state index contributed by atoms with van der Waals surface area (Å²) in [7, 11) is 0. The molecule has 0 aromatic heterocycles. The number of alkyl halides is 3. The fraction of sp³-hybridized carbons (Fsp3) is 0.125. The van der Waals surface area contributed by atoms with Crippen LogP contribution in [0.3, 0.4) is 0 Å². The first-order chi connectivity index (χ1) is 11.3. The molecular weight excluding hydrogens is 344 g/mol. The van der Waals surface area contributed by atoms with Gasteiger partial charge in [0.25, 0.3) is 5.91 Å². The van der Waals surface area contributed by atoms with Crippen LogP contribution in [0.5, 0.6) is 0 Å². The molecule has 0 atom stereocenters. The summed E-state index contributed by atoms with van der Waals surface area (Å²) in [5.74, 6) is -1.42. The molecule has 0 fully saturated rings. The number of hydrogen-bond donors (Lipinski definition) is 1. The van der Waals surface area contributed by atoms with E-state index in [2.05, 4.69) is 5.32 Å². The first kappa shape index (κ1) is 17.8. The van der Waals surface area contributed by atoms with Crippen molar-refractivity contribution in [3.63, 3.8) is 0 Å². The van der Waals surface area contributed by atoms with Crippen molar-refractivity contribution < 1.29 is 22.4 Å². The van der Waals surface area contributed by atoms with Crippen molar-refractivity contribution in [3.05, 3.63) is 65.0 Å². The van der Waals surface area contributed by atoms with Crippen molar-refractivity contribution in [3.8, 4) is 6.07 Å². The number of thioether (sulfide) groups is 1. The molecule has 24 heavy (non-hydrogen) atoms. The average molecular weight is 354 g/mol. The molecule has 0 aliphatic carbocycles. The minimum Gasteiger partial charge on any atom is -0.348 e. The molecule has 1 amide bonds. The lowest BCUT2D eigenvalue weighted by atomic mass is 10.1. The van der Waals surface area contributed by atoms with Gasteiger partial charge < -0.3 is 5.32 Å². The highest BCUT2D eigenvalue weighted by molar-refractivity contribution is 8.00. The van der Waals surface area contributed by atoms with E-state index < -0.39 is 17.2 Å². The maximum Gasteiger partial charge on any atom is 0.446 e. The summed E-state index contributed by atoms with van der Waals surface area (Å²) in [6.45, 7) is -0.207. The molecule has 3 nitrogen and oxygen atoms in total. The van der Waals surface area contributed by atoms with Crippen LogP contribution in [0.4, 0.5) is 17.6 Å². The summed E-state index contributed by atoms with van der Waals surface area (Å²) in [6, 6.07) is 10.8. The Labute approximate surface area is 139 Å². The first-order valence-corrected chi connectivity index (χ1v) is 7.43. The van der Waals surface area contributed by atoms with Gasteiger partial charge in [-0.15, -0.1) is 0 Å². The molecule has 0 aliphatic heterocycles. The minimum atomic E-state index is -4.52. The number of nitriles is 1. The van der Waals surface area contributed by atoms with Crippen LogP contribution in [0, 0.1) is 17.1 Å². The van der Waals surface area contributed by atoms with Crippen molar-refractivity contribution in [1.82, 2.24) is 5.32 Å². The van der Waals surface area contributed by atoms with E-state index in [9.17, 15) is 22.4 Å². The van der Waals surface area contributed by atoms with Gasteiger partial charge in [0.1, 0.15) is 5.82 Å². The molecule has 0 radical (unpaired) electrons. The predicted octanol–water partition coefficient (Wildman–Crippen LogP) is 4.24. The van der Waals surface area contributed by atoms with Crippen molar-refractivity contribution >= 4 is 17.7 Å². The van der Waals surface area contributed by atoms with Gasteiger partial charge in [-0.2, -0.15) is 18.4 Å². The molecule has 0 spiro atoms. The number of hydrogen-bond acceptors (Lipinski definition) is 3. The van der Waals surface area contributed by atoms with E-state index in [1.165, 1.54) is 36.4 Å². The van der Waals surface area contributed by atoms with Gasteiger partial charge in [-0.05, 0) is 36.0 Å². The number of rotatable bonds is 4. The van der Waals surface area contributed by atoms with Crippen molar-refractivity contribution in [2.45, 2.75) is 16.9 Å². The van der Waals surface area contributed by atoms with Gasteiger partial charge in [0.2, 0.25) is 0 Å². The molecule has 0 bridgehead atoms. The standard InChI is InChI=1S/C16H10F4N2OS/c17-13-7-10(8-21)5-6-11(13)9-22-15(23)12-3-1-2-4-14(12)24-16(18,19)20/h1-7H,9H2,(H,22,23). The summed E-state index contributed by atoms with van der Waals surface area (Å²) < 4.78 is 51.3. The van der Waals surface area contributed by atoms with Crippen molar-refractivity contribution in [1.29, 1.82) is 5.26 Å². The number of carbonyl (C=O) groups is 1. The lowest BCUT2D eigenvalue weighted by Gasteiger charge is -2.11. The maximum absolute atomic E-state index is 13.7. The van der Waals surface area contributed by atoms with Gasteiger partial charge in [-0.25, -0.2) is 4.39 Å². The molecular formula is C16H10F4N2OS. The van der Waals surface area contributed by atoms with Crippen molar-refractivity contribution in [2.24, 2.45) is 0 Å². The van der Waals surface area contributed by atoms with Gasteiger partial charge in [0, 0.05) is 17.0 Å². The second-order valence-electron chi connectivity index (χ2n) is 4.64. The summed E-state index contributed by atoms with van der Waals surface area (Å²) in [4.78, 5) is 11.9. The van der Waals surface area contributed by atoms with E-state index in [-0.39, 0.29) is 39.9 Å². The molecule has 124 valence electrons. The summed E-state index contributed by atoms with van der Waals surface area (Å²) in [6.07, 6.45) is 0. The molecule has 0 unspecified atom stereocenters. The van der Waals surface area contributed by atoms with Crippen LogP contribution in [-0.4, -0.2) is 11.4 Å². The number of benzene rings is 2. The fourth-order valence-corrected chi connectivity index (χ4v) is 2.57. The third-order valence-corrected chi connectivity index (χ3v) is 3.79. The third-order valence-electron chi connectivity index (χ3n) is 2.98. The van der Waals surface area contributed by atoms with Crippen LogP contribution in [0.1, 0.15) is 21.5 Å². The number of carbonyl (C=O) groups excluding carboxylic acids is 1. The predicted molar refractivity (Wildman–Crippen MR) is 80.6 cm³/mol. The Kier molecular flexibility index (Phi) is 5.46. The largest absolute Gasteiger partial charge is 0.446 e. The van der Waals surface area contributed by atoms with Crippen LogP contribution in [0.2, 0.25) is 0 Å². The Hall–Kier alpha value is -2.53. The van der Waals surface area contributed by atoms with Gasteiger partial charge in [-0.1, -0.05) is 18.2 Å². The number of halogens is 4. The molecule has 0 aliphatic rings. The van der Waals surface area contributed by atoms with Crippen LogP contribution in [-0.2, 0) is 6.54 Å². The molecule has 2 aromatic carbocycles. The number of nitrogens with zero attached hydrogens (tertiary/aromatic N) is 1. The van der Waals surface area contributed by atoms with E-state index in [4.69, 9.17) is 5.26 Å². The minimum absolute atomic E-state index is 0.128. The summed E-state index contributed by atoms with van der Waals surface area (Å²) in [5.41, 5.74) is -4.40. The average Bonchev–Trinajstić information content (AvgIpc) is 2.52. The van der Waals surface area contributed by atoms with Gasteiger partial charge in [0.15, 0.2) is 0 Å². The second-order valence-corrected chi connectivity index (χ2v) is 5.75. The third kappa shape index (κ3) is 4.73. The van der Waals surface area contributed by atoms with Gasteiger partial charge in [0.05, 0.1) is 17.2 Å². The second kappa shape index (κ2) is 7.36. The Bertz CT molecular complexity index is 799. The molecule has 0 saturated heterocycles. The molecule has 0 saturated carbocycles. The topological polar surface area (TPSA) is 52.9 Å².